The Hall–Kier alpha value is -2.65. The lowest BCUT2D eigenvalue weighted by Crippen LogP contribution is -2.44. The maximum atomic E-state index is 12.8. The van der Waals surface area contributed by atoms with Crippen LogP contribution in [0.4, 0.5) is 5.69 Å². The van der Waals surface area contributed by atoms with Crippen LogP contribution in [0.25, 0.3) is 11.6 Å². The third-order valence-corrected chi connectivity index (χ3v) is 6.06. The maximum Gasteiger partial charge on any atom is 0.256 e. The van der Waals surface area contributed by atoms with Gasteiger partial charge in [-0.15, -0.1) is 0 Å². The number of morpholine rings is 1. The van der Waals surface area contributed by atoms with Crippen LogP contribution in [0.1, 0.15) is 32.9 Å². The number of anilines is 1. The van der Waals surface area contributed by atoms with Crippen LogP contribution in [0.2, 0.25) is 5.02 Å². The average Bonchev–Trinajstić information content (AvgIpc) is 3.22. The van der Waals surface area contributed by atoms with Crippen LogP contribution in [0.5, 0.6) is 0 Å². The summed E-state index contributed by atoms with van der Waals surface area (Å²) in [5.74, 6) is -0.479. The van der Waals surface area contributed by atoms with Crippen LogP contribution >= 0.6 is 11.6 Å². The van der Waals surface area contributed by atoms with Crippen molar-refractivity contribution < 1.29 is 19.4 Å². The van der Waals surface area contributed by atoms with Gasteiger partial charge in [-0.25, -0.2) is 0 Å². The molecule has 8 nitrogen and oxygen atoms in total. The molecule has 3 heterocycles. The van der Waals surface area contributed by atoms with Crippen molar-refractivity contribution in [3.05, 3.63) is 51.3 Å². The number of fused-ring (bicyclic) bond motifs is 1. The smallest absolute Gasteiger partial charge is 0.256 e. The molecule has 0 saturated carbocycles. The number of aliphatic hydroxyl groups is 1. The number of β-amino-alcohol motifs (C(OH)–C–C–N with tert-alkyl or cyclic N) is 1. The highest BCUT2D eigenvalue weighted by atomic mass is 35.5. The number of H-pyrrole nitrogens is 1. The van der Waals surface area contributed by atoms with E-state index >= 15 is 0 Å². The Bertz CT molecular complexity index is 1070. The molecule has 0 unspecified atom stereocenters. The lowest BCUT2D eigenvalue weighted by atomic mass is 10.0. The molecular formula is C23H27ClN4O4. The zero-order valence-electron chi connectivity index (χ0n) is 18.1. The van der Waals surface area contributed by atoms with Gasteiger partial charge in [0.25, 0.3) is 11.8 Å². The van der Waals surface area contributed by atoms with Crippen LogP contribution in [0.3, 0.4) is 0 Å². The molecule has 1 atom stereocenters. The molecule has 4 N–H and O–H groups in total. The van der Waals surface area contributed by atoms with Crippen LogP contribution in [0, 0.1) is 13.8 Å². The van der Waals surface area contributed by atoms with Crippen molar-refractivity contribution in [2.75, 3.05) is 44.7 Å². The Morgan fingerprint density at radius 3 is 2.84 bits per heavy atom. The van der Waals surface area contributed by atoms with E-state index in [1.54, 1.807) is 24.3 Å². The third-order valence-electron chi connectivity index (χ3n) is 5.83. The van der Waals surface area contributed by atoms with Crippen LogP contribution in [-0.4, -0.2) is 72.3 Å². The molecule has 0 radical (unpaired) electrons. The number of ether oxygens (including phenoxy) is 1. The number of nitrogens with zero attached hydrogens (tertiary/aromatic N) is 1. The predicted molar refractivity (Wildman–Crippen MR) is 124 cm³/mol. The van der Waals surface area contributed by atoms with E-state index in [4.69, 9.17) is 16.3 Å². The van der Waals surface area contributed by atoms with Crippen molar-refractivity contribution in [3.8, 4) is 0 Å². The molecule has 170 valence electrons. The van der Waals surface area contributed by atoms with E-state index < -0.39 is 6.10 Å². The molecular weight excluding hydrogens is 432 g/mol. The van der Waals surface area contributed by atoms with Gasteiger partial charge >= 0.3 is 0 Å². The fourth-order valence-corrected chi connectivity index (χ4v) is 4.32. The minimum absolute atomic E-state index is 0.158. The number of halogens is 1. The number of aromatic nitrogens is 1. The normalized spacial score (nSPS) is 18.5. The number of amides is 2. The van der Waals surface area contributed by atoms with E-state index in [0.717, 1.165) is 24.2 Å². The fourth-order valence-electron chi connectivity index (χ4n) is 4.15. The summed E-state index contributed by atoms with van der Waals surface area (Å²) in [6.45, 7) is 7.17. The summed E-state index contributed by atoms with van der Waals surface area (Å²) >= 11 is 6.11. The quantitative estimate of drug-likeness (QED) is 0.496. The minimum atomic E-state index is -0.665. The lowest BCUT2D eigenvalue weighted by molar-refractivity contribution is -0.110. The summed E-state index contributed by atoms with van der Waals surface area (Å²) in [5.41, 5.74) is 4.54. The number of hydrogen-bond acceptors (Lipinski definition) is 5. The first-order chi connectivity index (χ1) is 15.3. The summed E-state index contributed by atoms with van der Waals surface area (Å²) in [6.07, 6.45) is 1.07. The van der Waals surface area contributed by atoms with E-state index in [9.17, 15) is 14.7 Å². The van der Waals surface area contributed by atoms with Gasteiger partial charge in [-0.2, -0.15) is 0 Å². The van der Waals surface area contributed by atoms with E-state index in [1.165, 1.54) is 0 Å². The van der Waals surface area contributed by atoms with Gasteiger partial charge in [-0.1, -0.05) is 11.6 Å². The molecule has 1 fully saturated rings. The summed E-state index contributed by atoms with van der Waals surface area (Å²) in [7, 11) is 0. The van der Waals surface area contributed by atoms with Crippen molar-refractivity contribution >= 4 is 40.8 Å². The number of aromatic amines is 1. The summed E-state index contributed by atoms with van der Waals surface area (Å²) in [6, 6.07) is 5.24. The Morgan fingerprint density at radius 1 is 1.34 bits per heavy atom. The van der Waals surface area contributed by atoms with Gasteiger partial charge in [0.15, 0.2) is 0 Å². The number of carbonyl (C=O) groups excluding carboxylic acids is 2. The van der Waals surface area contributed by atoms with E-state index in [-0.39, 0.29) is 18.4 Å². The molecule has 0 aliphatic carbocycles. The highest BCUT2D eigenvalue weighted by molar-refractivity contribution is 6.36. The van der Waals surface area contributed by atoms with Crippen LogP contribution in [-0.2, 0) is 9.53 Å². The van der Waals surface area contributed by atoms with Gasteiger partial charge in [0, 0.05) is 53.8 Å². The van der Waals surface area contributed by atoms with Crippen molar-refractivity contribution in [2.24, 2.45) is 0 Å². The van der Waals surface area contributed by atoms with Crippen LogP contribution < -0.4 is 10.6 Å². The number of aliphatic hydroxyl groups excluding tert-OH is 1. The standard InChI is InChI=1S/C23H27ClN4O4/c1-13-20(10-18-17-9-15(24)3-4-19(17)27-22(18)30)26-14(2)21(13)23(31)25-11-16(29)12-28-5-7-32-8-6-28/h3-4,9-10,16,26,29H,5-8,11-12H2,1-2H3,(H,25,31)(H,27,30)/b18-10-/t16-/m0/s1. The van der Waals surface area contributed by atoms with Crippen molar-refractivity contribution in [2.45, 2.75) is 20.0 Å². The first-order valence-electron chi connectivity index (χ1n) is 10.6. The second-order valence-electron chi connectivity index (χ2n) is 8.14. The zero-order valence-corrected chi connectivity index (χ0v) is 18.9. The first-order valence-corrected chi connectivity index (χ1v) is 11.0. The van der Waals surface area contributed by atoms with Gasteiger partial charge in [-0.3, -0.25) is 14.5 Å². The van der Waals surface area contributed by atoms with Gasteiger partial charge in [0.1, 0.15) is 0 Å². The third kappa shape index (κ3) is 4.73. The minimum Gasteiger partial charge on any atom is -0.390 e. The molecule has 1 aromatic carbocycles. The summed E-state index contributed by atoms with van der Waals surface area (Å²) in [5, 5.41) is 16.5. The predicted octanol–water partition coefficient (Wildman–Crippen LogP) is 2.20. The molecule has 2 aliphatic heterocycles. The van der Waals surface area contributed by atoms with E-state index in [0.29, 0.717) is 53.0 Å². The van der Waals surface area contributed by atoms with Crippen molar-refractivity contribution in [3.63, 3.8) is 0 Å². The zero-order chi connectivity index (χ0) is 22.8. The number of benzene rings is 1. The Balaban J connectivity index is 1.47. The van der Waals surface area contributed by atoms with Crippen LogP contribution in [0.15, 0.2) is 18.2 Å². The molecule has 9 heteroatoms. The second kappa shape index (κ2) is 9.46. The Morgan fingerprint density at radius 2 is 2.09 bits per heavy atom. The topological polar surface area (TPSA) is 107 Å². The molecule has 2 aromatic rings. The highest BCUT2D eigenvalue weighted by Gasteiger charge is 2.26. The van der Waals surface area contributed by atoms with Gasteiger partial charge in [-0.05, 0) is 43.7 Å². The molecule has 0 spiro atoms. The molecule has 0 bridgehead atoms. The second-order valence-corrected chi connectivity index (χ2v) is 8.58. The average molecular weight is 459 g/mol. The van der Waals surface area contributed by atoms with Gasteiger partial charge < -0.3 is 25.5 Å². The number of nitrogens with one attached hydrogen (secondary N) is 3. The van der Waals surface area contributed by atoms with Crippen molar-refractivity contribution in [1.82, 2.24) is 15.2 Å². The monoisotopic (exact) mass is 458 g/mol. The summed E-state index contributed by atoms with van der Waals surface area (Å²) < 4.78 is 5.31. The molecule has 32 heavy (non-hydrogen) atoms. The summed E-state index contributed by atoms with van der Waals surface area (Å²) in [4.78, 5) is 30.6. The first kappa shape index (κ1) is 22.5. The largest absolute Gasteiger partial charge is 0.390 e. The number of hydrogen-bond donors (Lipinski definition) is 4. The molecule has 4 rings (SSSR count). The molecule has 2 aliphatic rings. The Labute approximate surface area is 191 Å². The molecule has 1 aromatic heterocycles. The Kier molecular flexibility index (Phi) is 6.66. The number of rotatable bonds is 6. The molecule has 1 saturated heterocycles. The highest BCUT2D eigenvalue weighted by Crippen LogP contribution is 2.35. The number of carbonyl (C=O) groups is 2. The SMILES string of the molecule is Cc1[nH]c(/C=C2\C(=O)Nc3ccc(Cl)cc32)c(C)c1C(=O)NC[C@H](O)CN1CCOCC1. The van der Waals surface area contributed by atoms with E-state index in [2.05, 4.69) is 20.5 Å². The van der Waals surface area contributed by atoms with Gasteiger partial charge in [0.2, 0.25) is 0 Å². The molecule has 2 amide bonds. The fraction of sp³-hybridized carbons (Fsp3) is 0.391. The maximum absolute atomic E-state index is 12.8. The lowest BCUT2D eigenvalue weighted by Gasteiger charge is -2.28. The van der Waals surface area contributed by atoms with Crippen molar-refractivity contribution in [1.29, 1.82) is 0 Å². The number of aryl methyl sites for hydroxylation is 1. The van der Waals surface area contributed by atoms with Gasteiger partial charge in [0.05, 0.1) is 30.5 Å². The van der Waals surface area contributed by atoms with E-state index in [1.807, 2.05) is 13.8 Å².